The van der Waals surface area contributed by atoms with Gasteiger partial charge in [0, 0.05) is 12.6 Å². The van der Waals surface area contributed by atoms with Crippen LogP contribution in [0.15, 0.2) is 0 Å². The van der Waals surface area contributed by atoms with Gasteiger partial charge in [-0.25, -0.2) is 0 Å². The van der Waals surface area contributed by atoms with Crippen molar-refractivity contribution in [1.29, 1.82) is 5.26 Å². The van der Waals surface area contributed by atoms with Crippen molar-refractivity contribution < 1.29 is 4.79 Å². The summed E-state index contributed by atoms with van der Waals surface area (Å²) in [6, 6.07) is 2.22. The Morgan fingerprint density at radius 3 is 2.60 bits per heavy atom. The Morgan fingerprint density at radius 1 is 1.47 bits per heavy atom. The van der Waals surface area contributed by atoms with E-state index in [0.717, 1.165) is 6.42 Å². The summed E-state index contributed by atoms with van der Waals surface area (Å²) in [4.78, 5) is 11.3. The standard InChI is InChI=1S/C11H21N3O/c1-4-10(5-6-12)13-8-11(15)14-7-9(2)3/h9-10,13H,4-5,7-8H2,1-3H3,(H,14,15). The summed E-state index contributed by atoms with van der Waals surface area (Å²) in [5.41, 5.74) is 0. The van der Waals surface area contributed by atoms with Crippen LogP contribution in [0.25, 0.3) is 0 Å². The molecule has 2 N–H and O–H groups in total. The van der Waals surface area contributed by atoms with Crippen molar-refractivity contribution in [3.05, 3.63) is 0 Å². The van der Waals surface area contributed by atoms with E-state index in [4.69, 9.17) is 5.26 Å². The highest BCUT2D eigenvalue weighted by Gasteiger charge is 2.07. The average molecular weight is 211 g/mol. The minimum absolute atomic E-state index is 0.0000831. The number of nitrogens with zero attached hydrogens (tertiary/aromatic N) is 1. The lowest BCUT2D eigenvalue weighted by Crippen LogP contribution is -2.39. The third kappa shape index (κ3) is 7.95. The van der Waals surface area contributed by atoms with E-state index in [1.807, 2.05) is 6.92 Å². The first kappa shape index (κ1) is 13.9. The molecular weight excluding hydrogens is 190 g/mol. The molecule has 0 saturated heterocycles. The summed E-state index contributed by atoms with van der Waals surface area (Å²) >= 11 is 0. The average Bonchev–Trinajstić information content (AvgIpc) is 2.21. The van der Waals surface area contributed by atoms with Gasteiger partial charge in [0.15, 0.2) is 0 Å². The maximum absolute atomic E-state index is 11.3. The Labute approximate surface area is 92.0 Å². The summed E-state index contributed by atoms with van der Waals surface area (Å²) in [5.74, 6) is 0.468. The van der Waals surface area contributed by atoms with Crippen molar-refractivity contribution in [2.45, 2.75) is 39.7 Å². The van der Waals surface area contributed by atoms with E-state index in [-0.39, 0.29) is 11.9 Å². The van der Waals surface area contributed by atoms with Crippen LogP contribution >= 0.6 is 0 Å². The van der Waals surface area contributed by atoms with Crippen LogP contribution in [-0.2, 0) is 4.79 Å². The van der Waals surface area contributed by atoms with Gasteiger partial charge in [-0.2, -0.15) is 5.26 Å². The molecule has 0 fully saturated rings. The van der Waals surface area contributed by atoms with Gasteiger partial charge in [-0.3, -0.25) is 4.79 Å². The summed E-state index contributed by atoms with van der Waals surface area (Å²) in [7, 11) is 0. The number of rotatable bonds is 7. The van der Waals surface area contributed by atoms with Gasteiger partial charge in [0.2, 0.25) is 5.91 Å². The molecule has 15 heavy (non-hydrogen) atoms. The summed E-state index contributed by atoms with van der Waals surface area (Å²) in [6.07, 6.45) is 1.32. The molecule has 0 saturated carbocycles. The second-order valence-corrected chi connectivity index (χ2v) is 4.05. The van der Waals surface area contributed by atoms with E-state index in [2.05, 4.69) is 30.6 Å². The molecule has 0 rings (SSSR count). The van der Waals surface area contributed by atoms with Crippen molar-refractivity contribution in [2.24, 2.45) is 5.92 Å². The molecule has 0 aliphatic rings. The van der Waals surface area contributed by atoms with Crippen LogP contribution in [0, 0.1) is 17.2 Å². The number of hydrogen-bond acceptors (Lipinski definition) is 3. The van der Waals surface area contributed by atoms with Crippen LogP contribution in [0.4, 0.5) is 0 Å². The maximum atomic E-state index is 11.3. The molecule has 0 radical (unpaired) electrons. The molecule has 0 bridgehead atoms. The van der Waals surface area contributed by atoms with Gasteiger partial charge < -0.3 is 10.6 Å². The Morgan fingerprint density at radius 2 is 2.13 bits per heavy atom. The zero-order valence-electron chi connectivity index (χ0n) is 9.84. The molecule has 0 heterocycles. The van der Waals surface area contributed by atoms with E-state index in [1.165, 1.54) is 0 Å². The lowest BCUT2D eigenvalue weighted by Gasteiger charge is -2.13. The van der Waals surface area contributed by atoms with Crippen molar-refractivity contribution in [1.82, 2.24) is 10.6 Å². The molecule has 0 aromatic heterocycles. The fraction of sp³-hybridized carbons (Fsp3) is 0.818. The Bertz CT molecular complexity index is 220. The normalized spacial score (nSPS) is 12.2. The SMILES string of the molecule is CCC(CC#N)NCC(=O)NCC(C)C. The second-order valence-electron chi connectivity index (χ2n) is 4.05. The largest absolute Gasteiger partial charge is 0.355 e. The highest BCUT2D eigenvalue weighted by molar-refractivity contribution is 5.77. The van der Waals surface area contributed by atoms with E-state index >= 15 is 0 Å². The van der Waals surface area contributed by atoms with E-state index in [0.29, 0.717) is 25.4 Å². The van der Waals surface area contributed by atoms with Crippen LogP contribution in [0.1, 0.15) is 33.6 Å². The molecule has 1 unspecified atom stereocenters. The van der Waals surface area contributed by atoms with Crippen LogP contribution in [0.3, 0.4) is 0 Å². The monoisotopic (exact) mass is 211 g/mol. The predicted molar refractivity (Wildman–Crippen MR) is 60.2 cm³/mol. The van der Waals surface area contributed by atoms with Crippen molar-refractivity contribution in [3.63, 3.8) is 0 Å². The van der Waals surface area contributed by atoms with Gasteiger partial charge in [-0.1, -0.05) is 20.8 Å². The lowest BCUT2D eigenvalue weighted by atomic mass is 10.1. The lowest BCUT2D eigenvalue weighted by molar-refractivity contribution is -0.120. The minimum Gasteiger partial charge on any atom is -0.355 e. The molecule has 1 atom stereocenters. The second kappa shape index (κ2) is 8.25. The third-order valence-corrected chi connectivity index (χ3v) is 2.09. The highest BCUT2D eigenvalue weighted by atomic mass is 16.1. The smallest absolute Gasteiger partial charge is 0.233 e. The van der Waals surface area contributed by atoms with Crippen molar-refractivity contribution in [3.8, 4) is 6.07 Å². The van der Waals surface area contributed by atoms with E-state index in [9.17, 15) is 4.79 Å². The molecule has 0 aromatic rings. The topological polar surface area (TPSA) is 64.9 Å². The van der Waals surface area contributed by atoms with Gasteiger partial charge in [0.25, 0.3) is 0 Å². The molecule has 1 amide bonds. The number of nitrogens with one attached hydrogen (secondary N) is 2. The predicted octanol–water partition coefficient (Wildman–Crippen LogP) is 1.04. The quantitative estimate of drug-likeness (QED) is 0.661. The van der Waals surface area contributed by atoms with Crippen LogP contribution in [0.2, 0.25) is 0 Å². The summed E-state index contributed by atoms with van der Waals surface area (Å²) in [5, 5.41) is 14.4. The van der Waals surface area contributed by atoms with Gasteiger partial charge >= 0.3 is 0 Å². The molecule has 86 valence electrons. The molecule has 4 heteroatoms. The fourth-order valence-corrected chi connectivity index (χ4v) is 1.09. The highest BCUT2D eigenvalue weighted by Crippen LogP contribution is 1.94. The number of nitriles is 1. The number of carbonyl (C=O) groups excluding carboxylic acids is 1. The molecular formula is C11H21N3O. The maximum Gasteiger partial charge on any atom is 0.233 e. The molecule has 0 aliphatic heterocycles. The van der Waals surface area contributed by atoms with E-state index in [1.54, 1.807) is 0 Å². The first-order valence-electron chi connectivity index (χ1n) is 5.47. The molecule has 0 spiro atoms. The number of carbonyl (C=O) groups is 1. The van der Waals surface area contributed by atoms with Crippen LogP contribution in [-0.4, -0.2) is 25.0 Å². The molecule has 0 aliphatic carbocycles. The molecule has 4 nitrogen and oxygen atoms in total. The first-order valence-corrected chi connectivity index (χ1v) is 5.47. The summed E-state index contributed by atoms with van der Waals surface area (Å²) in [6.45, 7) is 7.11. The van der Waals surface area contributed by atoms with Gasteiger partial charge in [-0.15, -0.1) is 0 Å². The van der Waals surface area contributed by atoms with Crippen LogP contribution in [0.5, 0.6) is 0 Å². The van der Waals surface area contributed by atoms with Crippen molar-refractivity contribution in [2.75, 3.05) is 13.1 Å². The Kier molecular flexibility index (Phi) is 7.65. The zero-order valence-corrected chi connectivity index (χ0v) is 9.84. The van der Waals surface area contributed by atoms with Crippen molar-refractivity contribution >= 4 is 5.91 Å². The van der Waals surface area contributed by atoms with Gasteiger partial charge in [-0.05, 0) is 12.3 Å². The van der Waals surface area contributed by atoms with Crippen LogP contribution < -0.4 is 10.6 Å². The van der Waals surface area contributed by atoms with E-state index < -0.39 is 0 Å². The fourth-order valence-electron chi connectivity index (χ4n) is 1.09. The zero-order chi connectivity index (χ0) is 11.7. The molecule has 0 aromatic carbocycles. The Hall–Kier alpha value is -1.08. The first-order chi connectivity index (χ1) is 7.10. The van der Waals surface area contributed by atoms with Gasteiger partial charge in [0.1, 0.15) is 0 Å². The number of amides is 1. The Balaban J connectivity index is 3.64. The number of hydrogen-bond donors (Lipinski definition) is 2. The third-order valence-electron chi connectivity index (χ3n) is 2.09. The summed E-state index contributed by atoms with van der Waals surface area (Å²) < 4.78 is 0. The minimum atomic E-state index is 0.0000831. The van der Waals surface area contributed by atoms with Gasteiger partial charge in [0.05, 0.1) is 19.0 Å².